The largest absolute Gasteiger partial charge is 0.381 e. The number of nitrogens with zero attached hydrogens (tertiary/aromatic N) is 1. The molecule has 15 heavy (non-hydrogen) atoms. The van der Waals surface area contributed by atoms with Gasteiger partial charge >= 0.3 is 0 Å². The van der Waals surface area contributed by atoms with Gasteiger partial charge in [-0.25, -0.2) is 0 Å². The number of hydrogen-bond acceptors (Lipinski definition) is 3. The zero-order valence-electron chi connectivity index (χ0n) is 9.16. The van der Waals surface area contributed by atoms with E-state index in [0.29, 0.717) is 19.6 Å². The highest BCUT2D eigenvalue weighted by Gasteiger charge is 2.21. The summed E-state index contributed by atoms with van der Waals surface area (Å²) in [6.07, 6.45) is 3.22. The molecule has 1 aliphatic rings. The first-order chi connectivity index (χ1) is 7.27. The van der Waals surface area contributed by atoms with Gasteiger partial charge in [-0.3, -0.25) is 4.79 Å². The Labute approximate surface area is 90.6 Å². The second-order valence-corrected chi connectivity index (χ2v) is 3.87. The molecule has 1 N–H and O–H groups in total. The number of nitrogens with one attached hydrogen (secondary N) is 1. The molecule has 1 rings (SSSR count). The molecule has 0 saturated carbocycles. The van der Waals surface area contributed by atoms with Crippen molar-refractivity contribution in [2.24, 2.45) is 5.92 Å². The number of nitriles is 1. The van der Waals surface area contributed by atoms with E-state index in [4.69, 9.17) is 10.00 Å². The van der Waals surface area contributed by atoms with E-state index in [1.807, 2.05) is 13.0 Å². The standard InChI is InChI=1S/C11H18N2O2/c1-2-3-9(8-12)11(14)13-10-4-6-15-7-5-10/h9-10H,2-7H2,1H3,(H,13,14). The molecule has 1 unspecified atom stereocenters. The first-order valence-corrected chi connectivity index (χ1v) is 5.55. The fourth-order valence-corrected chi connectivity index (χ4v) is 1.69. The molecule has 1 fully saturated rings. The summed E-state index contributed by atoms with van der Waals surface area (Å²) in [6, 6.07) is 2.24. The van der Waals surface area contributed by atoms with Crippen molar-refractivity contribution >= 4 is 5.91 Å². The second-order valence-electron chi connectivity index (χ2n) is 3.87. The lowest BCUT2D eigenvalue weighted by Crippen LogP contribution is -2.41. The van der Waals surface area contributed by atoms with Crippen LogP contribution in [0.4, 0.5) is 0 Å². The van der Waals surface area contributed by atoms with Crippen LogP contribution in [0, 0.1) is 17.2 Å². The summed E-state index contributed by atoms with van der Waals surface area (Å²) >= 11 is 0. The monoisotopic (exact) mass is 210 g/mol. The zero-order valence-corrected chi connectivity index (χ0v) is 9.16. The number of ether oxygens (including phenoxy) is 1. The molecule has 0 aromatic rings. The predicted molar refractivity (Wildman–Crippen MR) is 56.0 cm³/mol. The van der Waals surface area contributed by atoms with E-state index in [1.165, 1.54) is 0 Å². The summed E-state index contributed by atoms with van der Waals surface area (Å²) in [6.45, 7) is 3.39. The van der Waals surface area contributed by atoms with Crippen LogP contribution < -0.4 is 5.32 Å². The Kier molecular flexibility index (Phi) is 5.13. The lowest BCUT2D eigenvalue weighted by Gasteiger charge is -2.24. The third-order valence-corrected chi connectivity index (χ3v) is 2.62. The van der Waals surface area contributed by atoms with E-state index in [-0.39, 0.29) is 11.9 Å². The van der Waals surface area contributed by atoms with Crippen molar-refractivity contribution in [1.82, 2.24) is 5.32 Å². The summed E-state index contributed by atoms with van der Waals surface area (Å²) in [4.78, 5) is 11.7. The van der Waals surface area contributed by atoms with E-state index < -0.39 is 5.92 Å². The van der Waals surface area contributed by atoms with Gasteiger partial charge in [0.1, 0.15) is 5.92 Å². The Morgan fingerprint density at radius 1 is 1.60 bits per heavy atom. The Bertz CT molecular complexity index is 241. The summed E-state index contributed by atoms with van der Waals surface area (Å²) < 4.78 is 5.20. The van der Waals surface area contributed by atoms with Gasteiger partial charge in [-0.1, -0.05) is 13.3 Å². The summed E-state index contributed by atoms with van der Waals surface area (Å²) in [5.74, 6) is -0.607. The quantitative estimate of drug-likeness (QED) is 0.759. The normalized spacial score (nSPS) is 19.2. The Morgan fingerprint density at radius 2 is 2.27 bits per heavy atom. The van der Waals surface area contributed by atoms with Crippen LogP contribution in [-0.4, -0.2) is 25.2 Å². The van der Waals surface area contributed by atoms with E-state index in [1.54, 1.807) is 0 Å². The van der Waals surface area contributed by atoms with Gasteiger partial charge in [0.15, 0.2) is 0 Å². The van der Waals surface area contributed by atoms with Crippen molar-refractivity contribution in [2.75, 3.05) is 13.2 Å². The average molecular weight is 210 g/mol. The van der Waals surface area contributed by atoms with Crippen LogP contribution >= 0.6 is 0 Å². The molecule has 0 radical (unpaired) electrons. The first-order valence-electron chi connectivity index (χ1n) is 5.55. The van der Waals surface area contributed by atoms with Crippen molar-refractivity contribution in [1.29, 1.82) is 5.26 Å². The molecular formula is C11H18N2O2. The van der Waals surface area contributed by atoms with Gasteiger partial charge in [-0.05, 0) is 19.3 Å². The molecule has 0 bridgehead atoms. The second kappa shape index (κ2) is 6.41. The molecule has 1 atom stereocenters. The fourth-order valence-electron chi connectivity index (χ4n) is 1.69. The lowest BCUT2D eigenvalue weighted by molar-refractivity contribution is -0.124. The molecule has 1 amide bonds. The molecule has 4 heteroatoms. The molecular weight excluding hydrogens is 192 g/mol. The highest BCUT2D eigenvalue weighted by molar-refractivity contribution is 5.81. The minimum absolute atomic E-state index is 0.119. The molecule has 1 saturated heterocycles. The number of hydrogen-bond donors (Lipinski definition) is 1. The van der Waals surface area contributed by atoms with Crippen LogP contribution in [0.25, 0.3) is 0 Å². The first kappa shape index (κ1) is 12.0. The molecule has 0 aliphatic carbocycles. The Morgan fingerprint density at radius 3 is 2.80 bits per heavy atom. The molecule has 1 aliphatic heterocycles. The number of carbonyl (C=O) groups is 1. The third kappa shape index (κ3) is 3.88. The number of amides is 1. The van der Waals surface area contributed by atoms with Crippen LogP contribution in [0.2, 0.25) is 0 Å². The molecule has 0 spiro atoms. The van der Waals surface area contributed by atoms with E-state index in [9.17, 15) is 4.79 Å². The van der Waals surface area contributed by atoms with Crippen LogP contribution in [0.1, 0.15) is 32.6 Å². The molecule has 4 nitrogen and oxygen atoms in total. The van der Waals surface area contributed by atoms with Crippen LogP contribution in [0.3, 0.4) is 0 Å². The topological polar surface area (TPSA) is 62.1 Å². The van der Waals surface area contributed by atoms with Crippen molar-refractivity contribution in [2.45, 2.75) is 38.6 Å². The maximum atomic E-state index is 11.7. The van der Waals surface area contributed by atoms with Crippen LogP contribution in [0.15, 0.2) is 0 Å². The van der Waals surface area contributed by atoms with Crippen LogP contribution in [-0.2, 0) is 9.53 Å². The van der Waals surface area contributed by atoms with Gasteiger partial charge in [0, 0.05) is 19.3 Å². The number of rotatable bonds is 4. The van der Waals surface area contributed by atoms with Gasteiger partial charge in [0.25, 0.3) is 0 Å². The van der Waals surface area contributed by atoms with Gasteiger partial charge in [0.2, 0.25) is 5.91 Å². The minimum Gasteiger partial charge on any atom is -0.381 e. The van der Waals surface area contributed by atoms with E-state index in [2.05, 4.69) is 5.32 Å². The summed E-state index contributed by atoms with van der Waals surface area (Å²) in [5.41, 5.74) is 0. The van der Waals surface area contributed by atoms with E-state index >= 15 is 0 Å². The van der Waals surface area contributed by atoms with Gasteiger partial charge in [0.05, 0.1) is 6.07 Å². The van der Waals surface area contributed by atoms with Gasteiger partial charge in [-0.15, -0.1) is 0 Å². The molecule has 1 heterocycles. The summed E-state index contributed by atoms with van der Waals surface area (Å²) in [5, 5.41) is 11.7. The zero-order chi connectivity index (χ0) is 11.1. The van der Waals surface area contributed by atoms with Crippen molar-refractivity contribution < 1.29 is 9.53 Å². The average Bonchev–Trinajstić information content (AvgIpc) is 2.27. The van der Waals surface area contributed by atoms with Gasteiger partial charge < -0.3 is 10.1 Å². The SMILES string of the molecule is CCCC(C#N)C(=O)NC1CCOCC1. The Balaban J connectivity index is 2.35. The molecule has 0 aromatic carbocycles. The number of carbonyl (C=O) groups excluding carboxylic acids is 1. The molecule has 0 aromatic heterocycles. The maximum Gasteiger partial charge on any atom is 0.237 e. The van der Waals surface area contributed by atoms with Crippen molar-refractivity contribution in [3.05, 3.63) is 0 Å². The Hall–Kier alpha value is -1.08. The van der Waals surface area contributed by atoms with Crippen LogP contribution in [0.5, 0.6) is 0 Å². The highest BCUT2D eigenvalue weighted by Crippen LogP contribution is 2.10. The smallest absolute Gasteiger partial charge is 0.237 e. The molecule has 84 valence electrons. The van der Waals surface area contributed by atoms with Crippen molar-refractivity contribution in [3.63, 3.8) is 0 Å². The van der Waals surface area contributed by atoms with Crippen molar-refractivity contribution in [3.8, 4) is 6.07 Å². The highest BCUT2D eigenvalue weighted by atomic mass is 16.5. The summed E-state index contributed by atoms with van der Waals surface area (Å²) in [7, 11) is 0. The predicted octanol–water partition coefficient (Wildman–Crippen LogP) is 1.22. The fraction of sp³-hybridized carbons (Fsp3) is 0.818. The lowest BCUT2D eigenvalue weighted by atomic mass is 10.0. The maximum absolute atomic E-state index is 11.7. The third-order valence-electron chi connectivity index (χ3n) is 2.62. The van der Waals surface area contributed by atoms with E-state index in [0.717, 1.165) is 19.3 Å². The van der Waals surface area contributed by atoms with Gasteiger partial charge in [-0.2, -0.15) is 5.26 Å². The minimum atomic E-state index is -0.488.